The standard InChI is InChI=1S/C20H22F3N3O2/c1-15-4-2-3-5-18(15)26-12-10-25(11-13-26)14-19(27)24-16-6-8-17(9-7-16)28-20(21,22)23/h2-9H,10-14H2,1H3,(H,24,27)/p+1. The van der Waals surface area contributed by atoms with Crippen molar-refractivity contribution in [3.63, 3.8) is 0 Å². The molecule has 0 spiro atoms. The van der Waals surface area contributed by atoms with Gasteiger partial charge in [-0.2, -0.15) is 0 Å². The third-order valence-corrected chi connectivity index (χ3v) is 4.71. The van der Waals surface area contributed by atoms with Crippen LogP contribution in [0.1, 0.15) is 5.56 Å². The second-order valence-electron chi connectivity index (χ2n) is 6.82. The molecule has 1 aliphatic heterocycles. The average Bonchev–Trinajstić information content (AvgIpc) is 2.63. The van der Waals surface area contributed by atoms with E-state index in [4.69, 9.17) is 0 Å². The molecule has 0 aliphatic carbocycles. The first-order valence-corrected chi connectivity index (χ1v) is 9.10. The molecule has 150 valence electrons. The fraction of sp³-hybridized carbons (Fsp3) is 0.350. The highest BCUT2D eigenvalue weighted by molar-refractivity contribution is 5.91. The minimum absolute atomic E-state index is 0.163. The maximum Gasteiger partial charge on any atom is 0.573 e. The molecule has 0 radical (unpaired) electrons. The molecule has 1 saturated heterocycles. The molecule has 2 N–H and O–H groups in total. The highest BCUT2D eigenvalue weighted by atomic mass is 19.4. The number of hydrogen-bond acceptors (Lipinski definition) is 3. The second-order valence-corrected chi connectivity index (χ2v) is 6.82. The van der Waals surface area contributed by atoms with Crippen molar-refractivity contribution in [1.29, 1.82) is 0 Å². The maximum atomic E-state index is 12.2. The van der Waals surface area contributed by atoms with Gasteiger partial charge in [-0.25, -0.2) is 0 Å². The minimum Gasteiger partial charge on any atom is -0.406 e. The van der Waals surface area contributed by atoms with Crippen LogP contribution in [0, 0.1) is 6.92 Å². The van der Waals surface area contributed by atoms with Gasteiger partial charge in [0.25, 0.3) is 5.91 Å². The number of para-hydroxylation sites is 1. The van der Waals surface area contributed by atoms with Crippen LogP contribution in [0.3, 0.4) is 0 Å². The predicted octanol–water partition coefficient (Wildman–Crippen LogP) is 2.24. The molecule has 5 nitrogen and oxygen atoms in total. The number of rotatable bonds is 5. The average molecular weight is 394 g/mol. The number of nitrogens with one attached hydrogen (secondary N) is 2. The van der Waals surface area contributed by atoms with E-state index in [1.165, 1.54) is 40.4 Å². The van der Waals surface area contributed by atoms with E-state index in [9.17, 15) is 18.0 Å². The number of carbonyl (C=O) groups is 1. The van der Waals surface area contributed by atoms with Crippen molar-refractivity contribution in [3.05, 3.63) is 54.1 Å². The molecule has 0 unspecified atom stereocenters. The van der Waals surface area contributed by atoms with Gasteiger partial charge in [0.15, 0.2) is 6.54 Å². The Morgan fingerprint density at radius 1 is 1.11 bits per heavy atom. The summed E-state index contributed by atoms with van der Waals surface area (Å²) in [5.41, 5.74) is 2.91. The summed E-state index contributed by atoms with van der Waals surface area (Å²) in [4.78, 5) is 15.8. The molecule has 0 saturated carbocycles. The van der Waals surface area contributed by atoms with Gasteiger partial charge in [0.05, 0.1) is 26.2 Å². The molecule has 1 fully saturated rings. The fourth-order valence-electron chi connectivity index (χ4n) is 3.33. The summed E-state index contributed by atoms with van der Waals surface area (Å²) in [7, 11) is 0. The number of nitrogens with zero attached hydrogens (tertiary/aromatic N) is 1. The van der Waals surface area contributed by atoms with Crippen molar-refractivity contribution < 1.29 is 27.6 Å². The quantitative estimate of drug-likeness (QED) is 0.818. The normalized spacial score (nSPS) is 15.4. The first kappa shape index (κ1) is 20.0. The Labute approximate surface area is 161 Å². The monoisotopic (exact) mass is 394 g/mol. The van der Waals surface area contributed by atoms with Gasteiger partial charge in [-0.15, -0.1) is 13.2 Å². The number of piperazine rings is 1. The number of amides is 1. The minimum atomic E-state index is -4.73. The number of alkyl halides is 3. The smallest absolute Gasteiger partial charge is 0.406 e. The summed E-state index contributed by atoms with van der Waals surface area (Å²) < 4.78 is 40.3. The van der Waals surface area contributed by atoms with E-state index in [-0.39, 0.29) is 11.7 Å². The zero-order valence-electron chi connectivity index (χ0n) is 15.6. The largest absolute Gasteiger partial charge is 0.573 e. The maximum absolute atomic E-state index is 12.2. The van der Waals surface area contributed by atoms with Gasteiger partial charge >= 0.3 is 6.36 Å². The number of hydrogen-bond donors (Lipinski definition) is 2. The highest BCUT2D eigenvalue weighted by Gasteiger charge is 2.31. The third-order valence-electron chi connectivity index (χ3n) is 4.71. The lowest BCUT2D eigenvalue weighted by Gasteiger charge is -2.34. The molecule has 2 aromatic rings. The van der Waals surface area contributed by atoms with E-state index in [2.05, 4.69) is 34.0 Å². The number of ether oxygens (including phenoxy) is 1. The SMILES string of the molecule is Cc1ccccc1N1CC[NH+](CC(=O)Nc2ccc(OC(F)(F)F)cc2)CC1. The lowest BCUT2D eigenvalue weighted by molar-refractivity contribution is -0.892. The second kappa shape index (κ2) is 8.52. The van der Waals surface area contributed by atoms with Crippen LogP contribution in [0.2, 0.25) is 0 Å². The van der Waals surface area contributed by atoms with E-state index in [0.717, 1.165) is 26.2 Å². The topological polar surface area (TPSA) is 46.0 Å². The molecule has 0 aromatic heterocycles. The number of aryl methyl sites for hydroxylation is 1. The molecular weight excluding hydrogens is 371 g/mol. The van der Waals surface area contributed by atoms with Gasteiger partial charge in [-0.3, -0.25) is 4.79 Å². The molecule has 0 bridgehead atoms. The molecular formula is C20H23F3N3O2+. The van der Waals surface area contributed by atoms with Crippen molar-refractivity contribution in [1.82, 2.24) is 0 Å². The van der Waals surface area contributed by atoms with Gasteiger partial charge in [0.2, 0.25) is 0 Å². The van der Waals surface area contributed by atoms with Crippen LogP contribution in [0.15, 0.2) is 48.5 Å². The van der Waals surface area contributed by atoms with Crippen molar-refractivity contribution >= 4 is 17.3 Å². The van der Waals surface area contributed by atoms with E-state index in [1.807, 2.05) is 12.1 Å². The van der Waals surface area contributed by atoms with Gasteiger partial charge in [-0.1, -0.05) is 18.2 Å². The number of quaternary nitrogens is 1. The van der Waals surface area contributed by atoms with Crippen LogP contribution in [0.4, 0.5) is 24.5 Å². The Morgan fingerprint density at radius 2 is 1.75 bits per heavy atom. The Bertz CT molecular complexity index is 801. The molecule has 2 aromatic carbocycles. The first-order chi connectivity index (χ1) is 13.3. The zero-order chi connectivity index (χ0) is 20.1. The van der Waals surface area contributed by atoms with E-state index < -0.39 is 6.36 Å². The predicted molar refractivity (Wildman–Crippen MR) is 101 cm³/mol. The van der Waals surface area contributed by atoms with E-state index >= 15 is 0 Å². The Balaban J connectivity index is 1.46. The molecule has 0 atom stereocenters. The van der Waals surface area contributed by atoms with Gasteiger partial charge in [0, 0.05) is 11.4 Å². The summed E-state index contributed by atoms with van der Waals surface area (Å²) in [5, 5.41) is 2.72. The van der Waals surface area contributed by atoms with Crippen molar-refractivity contribution in [2.45, 2.75) is 13.3 Å². The van der Waals surface area contributed by atoms with E-state index in [0.29, 0.717) is 12.2 Å². The van der Waals surface area contributed by atoms with Crippen LogP contribution >= 0.6 is 0 Å². The highest BCUT2D eigenvalue weighted by Crippen LogP contribution is 2.24. The van der Waals surface area contributed by atoms with Gasteiger partial charge in [0.1, 0.15) is 5.75 Å². The molecule has 1 heterocycles. The van der Waals surface area contributed by atoms with Gasteiger partial charge in [-0.05, 0) is 42.8 Å². The Morgan fingerprint density at radius 3 is 2.36 bits per heavy atom. The first-order valence-electron chi connectivity index (χ1n) is 9.10. The van der Waals surface area contributed by atoms with Crippen molar-refractivity contribution in [2.75, 3.05) is 42.9 Å². The molecule has 1 aliphatic rings. The van der Waals surface area contributed by atoms with Crippen LogP contribution in [-0.4, -0.2) is 45.0 Å². The van der Waals surface area contributed by atoms with Crippen LogP contribution in [-0.2, 0) is 4.79 Å². The van der Waals surface area contributed by atoms with Crippen LogP contribution < -0.4 is 19.9 Å². The lowest BCUT2D eigenvalue weighted by atomic mass is 10.1. The van der Waals surface area contributed by atoms with Crippen LogP contribution in [0.5, 0.6) is 5.75 Å². The summed E-state index contributed by atoms with van der Waals surface area (Å²) in [5.74, 6) is -0.479. The molecule has 28 heavy (non-hydrogen) atoms. The van der Waals surface area contributed by atoms with Crippen molar-refractivity contribution in [2.24, 2.45) is 0 Å². The number of anilines is 2. The Kier molecular flexibility index (Phi) is 6.08. The third kappa shape index (κ3) is 5.63. The lowest BCUT2D eigenvalue weighted by Crippen LogP contribution is -3.15. The summed E-state index contributed by atoms with van der Waals surface area (Å²) in [6.07, 6.45) is -4.73. The number of halogens is 3. The van der Waals surface area contributed by atoms with Gasteiger partial charge < -0.3 is 19.9 Å². The molecule has 8 heteroatoms. The van der Waals surface area contributed by atoms with E-state index in [1.54, 1.807) is 0 Å². The summed E-state index contributed by atoms with van der Waals surface area (Å²) in [6.45, 7) is 5.85. The fourth-order valence-corrected chi connectivity index (χ4v) is 3.33. The molecule has 1 amide bonds. The number of carbonyl (C=O) groups excluding carboxylic acids is 1. The Hall–Kier alpha value is -2.74. The summed E-state index contributed by atoms with van der Waals surface area (Å²) in [6, 6.07) is 13.4. The zero-order valence-corrected chi connectivity index (χ0v) is 15.6. The molecule has 3 rings (SSSR count). The summed E-state index contributed by atoms with van der Waals surface area (Å²) >= 11 is 0. The van der Waals surface area contributed by atoms with Crippen LogP contribution in [0.25, 0.3) is 0 Å². The number of benzene rings is 2. The van der Waals surface area contributed by atoms with Crippen molar-refractivity contribution in [3.8, 4) is 5.75 Å².